The van der Waals surface area contributed by atoms with E-state index in [1.54, 1.807) is 0 Å². The van der Waals surface area contributed by atoms with E-state index in [4.69, 9.17) is 4.74 Å². The predicted octanol–water partition coefficient (Wildman–Crippen LogP) is 3.26. The highest BCUT2D eigenvalue weighted by Crippen LogP contribution is 2.25. The number of hydrogen-bond acceptors (Lipinski definition) is 2. The minimum atomic E-state index is 0.439. The van der Waals surface area contributed by atoms with Gasteiger partial charge in [-0.1, -0.05) is 43.2 Å². The lowest BCUT2D eigenvalue weighted by atomic mass is 10.0. The first-order valence-electron chi connectivity index (χ1n) is 7.81. The largest absolute Gasteiger partial charge is 0.376 e. The van der Waals surface area contributed by atoms with Crippen LogP contribution in [0.4, 0.5) is 0 Å². The Morgan fingerprint density at radius 2 is 1.89 bits per heavy atom. The topological polar surface area (TPSA) is 12.5 Å². The highest BCUT2D eigenvalue weighted by molar-refractivity contribution is 5.14. The fourth-order valence-corrected chi connectivity index (χ4v) is 3.49. The Labute approximate surface area is 116 Å². The summed E-state index contributed by atoms with van der Waals surface area (Å²) in [6.07, 6.45) is 8.41. The summed E-state index contributed by atoms with van der Waals surface area (Å²) in [5.41, 5.74) is 1.43. The normalized spacial score (nSPS) is 25.8. The van der Waals surface area contributed by atoms with Gasteiger partial charge >= 0.3 is 0 Å². The molecular formula is C17H25NO. The van der Waals surface area contributed by atoms with E-state index in [9.17, 15) is 0 Å². The van der Waals surface area contributed by atoms with Gasteiger partial charge in [0.15, 0.2) is 0 Å². The lowest BCUT2D eigenvalue weighted by molar-refractivity contribution is -0.0453. The molecule has 0 bridgehead atoms. The van der Waals surface area contributed by atoms with E-state index in [1.807, 2.05) is 0 Å². The number of aryl methyl sites for hydroxylation is 1. The van der Waals surface area contributed by atoms with E-state index in [1.165, 1.54) is 31.2 Å². The third-order valence-corrected chi connectivity index (χ3v) is 4.61. The molecular weight excluding hydrogens is 234 g/mol. The van der Waals surface area contributed by atoms with Crippen molar-refractivity contribution in [2.75, 3.05) is 19.7 Å². The number of morpholine rings is 1. The van der Waals surface area contributed by atoms with E-state index in [0.717, 1.165) is 38.6 Å². The maximum Gasteiger partial charge on any atom is 0.0705 e. The molecule has 104 valence electrons. The summed E-state index contributed by atoms with van der Waals surface area (Å²) in [6.45, 7) is 3.22. The van der Waals surface area contributed by atoms with Crippen LogP contribution in [-0.2, 0) is 11.2 Å². The van der Waals surface area contributed by atoms with Gasteiger partial charge in [-0.3, -0.25) is 4.90 Å². The molecule has 0 aromatic heterocycles. The van der Waals surface area contributed by atoms with E-state index >= 15 is 0 Å². The standard InChI is InChI=1S/C17H25NO/c1-2-6-15(7-3-1)10-11-17-14-18(12-13-19-17)16-8-4-5-9-16/h1-3,6-7,16-17H,4-5,8-14H2/t17-/m1/s1. The molecule has 1 aromatic rings. The Morgan fingerprint density at radius 3 is 2.68 bits per heavy atom. The summed E-state index contributed by atoms with van der Waals surface area (Å²) < 4.78 is 5.95. The van der Waals surface area contributed by atoms with Gasteiger partial charge in [-0.2, -0.15) is 0 Å². The third-order valence-electron chi connectivity index (χ3n) is 4.61. The second-order valence-electron chi connectivity index (χ2n) is 5.95. The van der Waals surface area contributed by atoms with Crippen LogP contribution in [0.3, 0.4) is 0 Å². The van der Waals surface area contributed by atoms with Crippen molar-refractivity contribution in [3.05, 3.63) is 35.9 Å². The highest BCUT2D eigenvalue weighted by atomic mass is 16.5. The van der Waals surface area contributed by atoms with Gasteiger partial charge in [0, 0.05) is 19.1 Å². The van der Waals surface area contributed by atoms with Gasteiger partial charge < -0.3 is 4.74 Å². The summed E-state index contributed by atoms with van der Waals surface area (Å²) in [7, 11) is 0. The molecule has 1 aliphatic heterocycles. The molecule has 0 unspecified atom stereocenters. The maximum absolute atomic E-state index is 5.95. The Kier molecular flexibility index (Phi) is 4.52. The first kappa shape index (κ1) is 13.1. The molecule has 1 heterocycles. The fourth-order valence-electron chi connectivity index (χ4n) is 3.49. The smallest absolute Gasteiger partial charge is 0.0705 e. The molecule has 1 saturated heterocycles. The van der Waals surface area contributed by atoms with Crippen LogP contribution in [0.1, 0.15) is 37.7 Å². The Balaban J connectivity index is 1.48. The van der Waals surface area contributed by atoms with Gasteiger partial charge in [-0.15, -0.1) is 0 Å². The zero-order valence-electron chi connectivity index (χ0n) is 11.8. The first-order chi connectivity index (χ1) is 9.42. The van der Waals surface area contributed by atoms with Crippen LogP contribution >= 0.6 is 0 Å². The number of ether oxygens (including phenoxy) is 1. The predicted molar refractivity (Wildman–Crippen MR) is 78.3 cm³/mol. The van der Waals surface area contributed by atoms with E-state index in [2.05, 4.69) is 35.2 Å². The minimum absolute atomic E-state index is 0.439. The molecule has 2 nitrogen and oxygen atoms in total. The van der Waals surface area contributed by atoms with Crippen LogP contribution in [0.25, 0.3) is 0 Å². The lowest BCUT2D eigenvalue weighted by Gasteiger charge is -2.37. The second-order valence-corrected chi connectivity index (χ2v) is 5.95. The third kappa shape index (κ3) is 3.58. The summed E-state index contributed by atoms with van der Waals surface area (Å²) >= 11 is 0. The molecule has 3 rings (SSSR count). The van der Waals surface area contributed by atoms with Gasteiger partial charge in [-0.25, -0.2) is 0 Å². The molecule has 1 aromatic carbocycles. The molecule has 0 amide bonds. The molecule has 2 aliphatic rings. The summed E-state index contributed by atoms with van der Waals surface area (Å²) in [5.74, 6) is 0. The van der Waals surface area contributed by atoms with Crippen molar-refractivity contribution in [3.8, 4) is 0 Å². The average molecular weight is 259 g/mol. The molecule has 1 aliphatic carbocycles. The van der Waals surface area contributed by atoms with E-state index < -0.39 is 0 Å². The molecule has 2 heteroatoms. The van der Waals surface area contributed by atoms with Crippen LogP contribution in [0, 0.1) is 0 Å². The Bertz CT molecular complexity index is 372. The van der Waals surface area contributed by atoms with Crippen molar-refractivity contribution in [2.45, 2.75) is 50.7 Å². The van der Waals surface area contributed by atoms with E-state index in [-0.39, 0.29) is 0 Å². The Hall–Kier alpha value is -0.860. The summed E-state index contributed by atoms with van der Waals surface area (Å²) in [5, 5.41) is 0. The second kappa shape index (κ2) is 6.53. The van der Waals surface area contributed by atoms with Crippen LogP contribution in [0.15, 0.2) is 30.3 Å². The van der Waals surface area contributed by atoms with Crippen molar-refractivity contribution < 1.29 is 4.74 Å². The average Bonchev–Trinajstić information content (AvgIpc) is 3.01. The number of hydrogen-bond donors (Lipinski definition) is 0. The van der Waals surface area contributed by atoms with Gasteiger partial charge in [0.25, 0.3) is 0 Å². The van der Waals surface area contributed by atoms with Crippen LogP contribution in [0.5, 0.6) is 0 Å². The number of rotatable bonds is 4. The molecule has 1 atom stereocenters. The van der Waals surface area contributed by atoms with Crippen LogP contribution < -0.4 is 0 Å². The summed E-state index contributed by atoms with van der Waals surface area (Å²) in [4.78, 5) is 2.69. The zero-order chi connectivity index (χ0) is 12.9. The van der Waals surface area contributed by atoms with Gasteiger partial charge in [0.2, 0.25) is 0 Å². The maximum atomic E-state index is 5.95. The quantitative estimate of drug-likeness (QED) is 0.823. The van der Waals surface area contributed by atoms with Gasteiger partial charge in [0.1, 0.15) is 0 Å². The number of benzene rings is 1. The molecule has 19 heavy (non-hydrogen) atoms. The van der Waals surface area contributed by atoms with Crippen molar-refractivity contribution >= 4 is 0 Å². The molecule has 0 radical (unpaired) electrons. The molecule has 0 N–H and O–H groups in total. The van der Waals surface area contributed by atoms with Crippen LogP contribution in [0.2, 0.25) is 0 Å². The van der Waals surface area contributed by atoms with Crippen molar-refractivity contribution in [1.29, 1.82) is 0 Å². The van der Waals surface area contributed by atoms with Crippen molar-refractivity contribution in [3.63, 3.8) is 0 Å². The van der Waals surface area contributed by atoms with Gasteiger partial charge in [-0.05, 0) is 31.2 Å². The van der Waals surface area contributed by atoms with Crippen LogP contribution in [-0.4, -0.2) is 36.7 Å². The zero-order valence-corrected chi connectivity index (χ0v) is 11.8. The molecule has 2 fully saturated rings. The Morgan fingerprint density at radius 1 is 1.11 bits per heavy atom. The SMILES string of the molecule is c1ccc(CC[C@@H]2CN(C3CCCC3)CCO2)cc1. The highest BCUT2D eigenvalue weighted by Gasteiger charge is 2.27. The summed E-state index contributed by atoms with van der Waals surface area (Å²) in [6, 6.07) is 11.6. The first-order valence-corrected chi connectivity index (χ1v) is 7.81. The molecule has 1 saturated carbocycles. The minimum Gasteiger partial charge on any atom is -0.376 e. The van der Waals surface area contributed by atoms with E-state index in [0.29, 0.717) is 6.10 Å². The monoisotopic (exact) mass is 259 g/mol. The van der Waals surface area contributed by atoms with Crippen molar-refractivity contribution in [2.24, 2.45) is 0 Å². The van der Waals surface area contributed by atoms with Gasteiger partial charge in [0.05, 0.1) is 12.7 Å². The number of nitrogens with zero attached hydrogens (tertiary/aromatic N) is 1. The fraction of sp³-hybridized carbons (Fsp3) is 0.647. The molecule has 0 spiro atoms. The van der Waals surface area contributed by atoms with Crippen molar-refractivity contribution in [1.82, 2.24) is 4.90 Å². The lowest BCUT2D eigenvalue weighted by Crippen LogP contribution is -2.46.